The number of anilines is 2. The minimum atomic E-state index is 0.325. The van der Waals surface area contributed by atoms with Crippen molar-refractivity contribution in [2.24, 2.45) is 0 Å². The number of pyridine rings is 1. The summed E-state index contributed by atoms with van der Waals surface area (Å²) in [5.41, 5.74) is 7.00. The van der Waals surface area contributed by atoms with E-state index in [0.717, 1.165) is 18.8 Å². The van der Waals surface area contributed by atoms with Crippen LogP contribution in [0.5, 0.6) is 0 Å². The molecule has 4 nitrogen and oxygen atoms in total. The number of nitrogens with zero attached hydrogens (tertiary/aromatic N) is 3. The van der Waals surface area contributed by atoms with Gasteiger partial charge >= 0.3 is 0 Å². The summed E-state index contributed by atoms with van der Waals surface area (Å²) in [4.78, 5) is 6.51. The third-order valence-corrected chi connectivity index (χ3v) is 2.99. The highest BCUT2D eigenvalue weighted by Crippen LogP contribution is 2.25. The molecule has 0 spiro atoms. The van der Waals surface area contributed by atoms with Gasteiger partial charge in [0.2, 0.25) is 0 Å². The van der Waals surface area contributed by atoms with Gasteiger partial charge in [0, 0.05) is 18.8 Å². The molecule has 0 aliphatic rings. The predicted octanol–water partition coefficient (Wildman–Crippen LogP) is 2.94. The number of nitriles is 1. The van der Waals surface area contributed by atoms with Crippen molar-refractivity contribution >= 4 is 11.5 Å². The molecule has 0 aliphatic carbocycles. The molecule has 0 atom stereocenters. The topological polar surface area (TPSA) is 65.9 Å². The van der Waals surface area contributed by atoms with Crippen LogP contribution in [0.4, 0.5) is 11.5 Å². The molecule has 0 bridgehead atoms. The van der Waals surface area contributed by atoms with E-state index in [1.807, 2.05) is 0 Å². The predicted molar refractivity (Wildman–Crippen MR) is 75.4 cm³/mol. The minimum absolute atomic E-state index is 0.325. The lowest BCUT2D eigenvalue weighted by molar-refractivity contribution is 0.620. The molecular formula is C14H22N4. The van der Waals surface area contributed by atoms with Gasteiger partial charge in [-0.2, -0.15) is 5.26 Å². The Morgan fingerprint density at radius 2 is 2.17 bits per heavy atom. The van der Waals surface area contributed by atoms with Crippen LogP contribution >= 0.6 is 0 Å². The van der Waals surface area contributed by atoms with Gasteiger partial charge in [-0.1, -0.05) is 19.8 Å². The lowest BCUT2D eigenvalue weighted by atomic mass is 10.2. The average Bonchev–Trinajstić information content (AvgIpc) is 2.35. The molecule has 0 saturated carbocycles. The molecule has 98 valence electrons. The lowest BCUT2D eigenvalue weighted by Gasteiger charge is -2.29. The molecule has 0 unspecified atom stereocenters. The maximum Gasteiger partial charge on any atom is 0.153 e. The fourth-order valence-corrected chi connectivity index (χ4v) is 1.93. The van der Waals surface area contributed by atoms with E-state index in [4.69, 9.17) is 11.0 Å². The zero-order valence-corrected chi connectivity index (χ0v) is 11.5. The Morgan fingerprint density at radius 1 is 1.44 bits per heavy atom. The van der Waals surface area contributed by atoms with Crippen molar-refractivity contribution < 1.29 is 0 Å². The van der Waals surface area contributed by atoms with Crippen LogP contribution in [-0.2, 0) is 0 Å². The first-order chi connectivity index (χ1) is 8.61. The van der Waals surface area contributed by atoms with E-state index >= 15 is 0 Å². The van der Waals surface area contributed by atoms with Gasteiger partial charge in [0.1, 0.15) is 6.07 Å². The van der Waals surface area contributed by atoms with Gasteiger partial charge < -0.3 is 10.6 Å². The Bertz CT molecular complexity index is 420. The third-order valence-electron chi connectivity index (χ3n) is 2.99. The standard InChI is InChI=1S/C14H22N4/c1-4-5-6-9-18(11(2)3)14-13(16)12(10-15)7-8-17-14/h7-8,11H,4-6,9,16H2,1-3H3. The first-order valence-corrected chi connectivity index (χ1v) is 6.53. The summed E-state index contributed by atoms with van der Waals surface area (Å²) in [6.07, 6.45) is 5.15. The molecule has 0 aliphatic heterocycles. The summed E-state index contributed by atoms with van der Waals surface area (Å²) < 4.78 is 0. The molecule has 0 fully saturated rings. The molecule has 1 rings (SSSR count). The van der Waals surface area contributed by atoms with E-state index in [1.54, 1.807) is 12.3 Å². The Labute approximate surface area is 109 Å². The van der Waals surface area contributed by atoms with E-state index < -0.39 is 0 Å². The monoisotopic (exact) mass is 246 g/mol. The van der Waals surface area contributed by atoms with Gasteiger partial charge in [-0.25, -0.2) is 4.98 Å². The quantitative estimate of drug-likeness (QED) is 0.784. The van der Waals surface area contributed by atoms with Crippen LogP contribution in [0.25, 0.3) is 0 Å². The fourth-order valence-electron chi connectivity index (χ4n) is 1.93. The van der Waals surface area contributed by atoms with Crippen molar-refractivity contribution in [3.05, 3.63) is 17.8 Å². The molecule has 1 heterocycles. The molecule has 1 aromatic rings. The lowest BCUT2D eigenvalue weighted by Crippen LogP contribution is -2.33. The van der Waals surface area contributed by atoms with Crippen LogP contribution in [0.3, 0.4) is 0 Å². The van der Waals surface area contributed by atoms with E-state index in [9.17, 15) is 0 Å². The summed E-state index contributed by atoms with van der Waals surface area (Å²) >= 11 is 0. The molecule has 0 radical (unpaired) electrons. The van der Waals surface area contributed by atoms with E-state index in [1.165, 1.54) is 12.8 Å². The van der Waals surface area contributed by atoms with Crippen LogP contribution in [0.15, 0.2) is 12.3 Å². The number of aromatic nitrogens is 1. The maximum atomic E-state index is 9.00. The SMILES string of the molecule is CCCCCN(c1nccc(C#N)c1N)C(C)C. The summed E-state index contributed by atoms with van der Waals surface area (Å²) in [6, 6.07) is 4.09. The van der Waals surface area contributed by atoms with Crippen LogP contribution in [0, 0.1) is 11.3 Å². The van der Waals surface area contributed by atoms with Crippen LogP contribution in [0.1, 0.15) is 45.6 Å². The van der Waals surface area contributed by atoms with Gasteiger partial charge in [-0.15, -0.1) is 0 Å². The minimum Gasteiger partial charge on any atom is -0.395 e. The Kier molecular flexibility index (Phi) is 5.44. The number of hydrogen-bond acceptors (Lipinski definition) is 4. The third kappa shape index (κ3) is 3.36. The van der Waals surface area contributed by atoms with Crippen molar-refractivity contribution in [2.45, 2.75) is 46.1 Å². The first-order valence-electron chi connectivity index (χ1n) is 6.53. The van der Waals surface area contributed by atoms with Crippen LogP contribution in [0.2, 0.25) is 0 Å². The zero-order chi connectivity index (χ0) is 13.5. The van der Waals surface area contributed by atoms with Gasteiger partial charge in [-0.3, -0.25) is 0 Å². The number of unbranched alkanes of at least 4 members (excludes halogenated alkanes) is 2. The molecule has 0 amide bonds. The van der Waals surface area contributed by atoms with E-state index in [-0.39, 0.29) is 0 Å². The molecule has 18 heavy (non-hydrogen) atoms. The van der Waals surface area contributed by atoms with Crippen molar-refractivity contribution in [3.63, 3.8) is 0 Å². The van der Waals surface area contributed by atoms with E-state index in [0.29, 0.717) is 17.3 Å². The highest BCUT2D eigenvalue weighted by atomic mass is 15.2. The van der Waals surface area contributed by atoms with Gasteiger partial charge in [0.15, 0.2) is 5.82 Å². The van der Waals surface area contributed by atoms with Crippen molar-refractivity contribution in [2.75, 3.05) is 17.2 Å². The Morgan fingerprint density at radius 3 is 2.72 bits per heavy atom. The molecule has 2 N–H and O–H groups in total. The summed E-state index contributed by atoms with van der Waals surface area (Å²) in [5.74, 6) is 0.736. The van der Waals surface area contributed by atoms with Crippen LogP contribution in [-0.4, -0.2) is 17.6 Å². The zero-order valence-electron chi connectivity index (χ0n) is 11.5. The second-order valence-electron chi connectivity index (χ2n) is 4.70. The molecular weight excluding hydrogens is 224 g/mol. The highest BCUT2D eigenvalue weighted by Gasteiger charge is 2.16. The van der Waals surface area contributed by atoms with Crippen LogP contribution < -0.4 is 10.6 Å². The van der Waals surface area contributed by atoms with E-state index in [2.05, 4.69) is 36.7 Å². The largest absolute Gasteiger partial charge is 0.395 e. The molecule has 0 aromatic carbocycles. The number of nitrogens with two attached hydrogens (primary N) is 1. The normalized spacial score (nSPS) is 10.4. The molecule has 0 saturated heterocycles. The summed E-state index contributed by atoms with van der Waals surface area (Å²) in [5, 5.41) is 9.00. The van der Waals surface area contributed by atoms with Crippen molar-refractivity contribution in [3.8, 4) is 6.07 Å². The smallest absolute Gasteiger partial charge is 0.153 e. The maximum absolute atomic E-state index is 9.00. The van der Waals surface area contributed by atoms with Crippen molar-refractivity contribution in [1.82, 2.24) is 4.98 Å². The van der Waals surface area contributed by atoms with Gasteiger partial charge in [0.25, 0.3) is 0 Å². The Balaban J connectivity index is 2.96. The van der Waals surface area contributed by atoms with Gasteiger partial charge in [0.05, 0.1) is 11.3 Å². The fraction of sp³-hybridized carbons (Fsp3) is 0.571. The highest BCUT2D eigenvalue weighted by molar-refractivity contribution is 5.70. The second kappa shape index (κ2) is 6.85. The number of rotatable bonds is 6. The number of hydrogen-bond donors (Lipinski definition) is 1. The van der Waals surface area contributed by atoms with Crippen molar-refractivity contribution in [1.29, 1.82) is 5.26 Å². The molecule has 4 heteroatoms. The first kappa shape index (κ1) is 14.3. The Hall–Kier alpha value is -1.76. The summed E-state index contributed by atoms with van der Waals surface area (Å²) in [7, 11) is 0. The van der Waals surface area contributed by atoms with Gasteiger partial charge in [-0.05, 0) is 26.3 Å². The molecule has 1 aromatic heterocycles. The summed E-state index contributed by atoms with van der Waals surface area (Å²) in [6.45, 7) is 7.35. The number of nitrogen functional groups attached to an aromatic ring is 1. The second-order valence-corrected chi connectivity index (χ2v) is 4.70. The average molecular weight is 246 g/mol.